The largest absolute Gasteiger partial charge is 0.447 e. The van der Waals surface area contributed by atoms with Crippen LogP contribution in [0.5, 0.6) is 0 Å². The maximum atomic E-state index is 13.5. The van der Waals surface area contributed by atoms with Gasteiger partial charge >= 0.3 is 6.09 Å². The number of carbonyl (C=O) groups is 2. The molecule has 0 spiro atoms. The average molecular weight is 461 g/mol. The minimum atomic E-state index is -2.07. The Bertz CT molecular complexity index is 844. The van der Waals surface area contributed by atoms with E-state index in [1.54, 1.807) is 4.90 Å². The van der Waals surface area contributed by atoms with Gasteiger partial charge in [0.05, 0.1) is 18.2 Å². The van der Waals surface area contributed by atoms with Gasteiger partial charge in [0.1, 0.15) is 12.6 Å². The molecule has 7 heteroatoms. The van der Waals surface area contributed by atoms with E-state index in [9.17, 15) is 9.59 Å². The maximum Gasteiger partial charge on any atom is 0.410 e. The van der Waals surface area contributed by atoms with Crippen molar-refractivity contribution >= 4 is 20.3 Å². The molecule has 0 saturated carbocycles. The molecule has 32 heavy (non-hydrogen) atoms. The van der Waals surface area contributed by atoms with E-state index in [0.29, 0.717) is 13.2 Å². The van der Waals surface area contributed by atoms with Gasteiger partial charge in [0.25, 0.3) is 0 Å². The number of likely N-dealkylation sites (tertiary alicyclic amines) is 1. The van der Waals surface area contributed by atoms with E-state index in [1.165, 1.54) is 0 Å². The molecule has 0 aromatic heterocycles. The predicted octanol–water partition coefficient (Wildman–Crippen LogP) is 5.04. The van der Waals surface area contributed by atoms with Crippen LogP contribution in [0.3, 0.4) is 0 Å². The number of hydrogen-bond donors (Lipinski definition) is 0. The normalized spacial score (nSPS) is 25.6. The number of nitrogens with zero attached hydrogens (tertiary/aromatic N) is 2. The number of carbonyl (C=O) groups excluding carboxylic acids is 2. The lowest BCUT2D eigenvalue weighted by Crippen LogP contribution is -2.75. The van der Waals surface area contributed by atoms with Crippen LogP contribution in [0.15, 0.2) is 30.3 Å². The fourth-order valence-corrected chi connectivity index (χ4v) is 5.85. The topological polar surface area (TPSA) is 59.1 Å². The molecule has 178 valence electrons. The molecule has 4 atom stereocenters. The molecule has 0 radical (unpaired) electrons. The van der Waals surface area contributed by atoms with E-state index < -0.39 is 20.5 Å². The van der Waals surface area contributed by atoms with Crippen LogP contribution in [0.2, 0.25) is 18.1 Å². The molecule has 3 rings (SSSR count). The zero-order valence-corrected chi connectivity index (χ0v) is 22.1. The monoisotopic (exact) mass is 460 g/mol. The summed E-state index contributed by atoms with van der Waals surface area (Å²) in [7, 11) is -2.07. The van der Waals surface area contributed by atoms with Crippen molar-refractivity contribution in [2.45, 2.75) is 97.4 Å². The highest BCUT2D eigenvalue weighted by Crippen LogP contribution is 2.42. The van der Waals surface area contributed by atoms with Gasteiger partial charge in [0.2, 0.25) is 5.91 Å². The minimum Gasteiger partial charge on any atom is -0.447 e. The Labute approximate surface area is 194 Å². The average Bonchev–Trinajstić information content (AvgIpc) is 3.04. The van der Waals surface area contributed by atoms with Gasteiger partial charge in [-0.1, -0.05) is 71.9 Å². The number of β-lactam (4-membered cyclic amide) rings is 1. The summed E-state index contributed by atoms with van der Waals surface area (Å²) < 4.78 is 12.2. The Balaban J connectivity index is 1.93. The van der Waals surface area contributed by atoms with Crippen LogP contribution in [0.1, 0.15) is 54.0 Å². The number of benzene rings is 1. The first kappa shape index (κ1) is 24.8. The third-order valence-corrected chi connectivity index (χ3v) is 12.0. The van der Waals surface area contributed by atoms with Crippen LogP contribution in [0.4, 0.5) is 4.79 Å². The second-order valence-corrected chi connectivity index (χ2v) is 16.6. The summed E-state index contributed by atoms with van der Waals surface area (Å²) in [4.78, 5) is 29.8. The van der Waals surface area contributed by atoms with Gasteiger partial charge in [0, 0.05) is 6.54 Å². The van der Waals surface area contributed by atoms with Gasteiger partial charge in [-0.3, -0.25) is 9.69 Å². The highest BCUT2D eigenvalue weighted by atomic mass is 28.4. The first-order valence-electron chi connectivity index (χ1n) is 11.6. The predicted molar refractivity (Wildman–Crippen MR) is 129 cm³/mol. The fourth-order valence-electron chi connectivity index (χ4n) is 4.43. The number of ether oxygens (including phenoxy) is 1. The molecular formula is C25H40N2O4Si. The molecule has 2 amide bonds. The zero-order chi connectivity index (χ0) is 24.1. The van der Waals surface area contributed by atoms with E-state index in [-0.39, 0.29) is 34.5 Å². The number of cyclic esters (lactones) is 1. The lowest BCUT2D eigenvalue weighted by atomic mass is 9.82. The van der Waals surface area contributed by atoms with Gasteiger partial charge in [-0.2, -0.15) is 0 Å². The zero-order valence-electron chi connectivity index (χ0n) is 21.1. The van der Waals surface area contributed by atoms with Crippen molar-refractivity contribution < 1.29 is 18.8 Å². The summed E-state index contributed by atoms with van der Waals surface area (Å²) in [5.41, 5.74) is 0.876. The molecule has 2 fully saturated rings. The van der Waals surface area contributed by atoms with Crippen LogP contribution < -0.4 is 0 Å². The Kier molecular flexibility index (Phi) is 6.57. The SMILES string of the molecule is C[C@H](O[Si](C)(C)C(C)(C)C)[C@@H]1[C@H](N2C(=O)OC[C@@H]2C(C)(C)C)C(=O)N1Cc1ccccc1. The third-order valence-electron chi connectivity index (χ3n) is 7.39. The first-order valence-corrected chi connectivity index (χ1v) is 14.5. The molecular weight excluding hydrogens is 420 g/mol. The van der Waals surface area contributed by atoms with Crippen molar-refractivity contribution in [3.63, 3.8) is 0 Å². The standard InChI is InChI=1S/C25H40N2O4Si/c1-17(31-32(8,9)25(5,6)7)20-21(27-19(24(2,3)4)16-30-23(27)29)22(28)26(20)15-18-13-11-10-12-14-18/h10-14,17,19-21H,15-16H2,1-9H3/t17-,19+,20+,21-/m0/s1. The quantitative estimate of drug-likeness (QED) is 0.441. The van der Waals surface area contributed by atoms with Gasteiger partial charge in [-0.05, 0) is 36.0 Å². The second kappa shape index (κ2) is 8.49. The summed E-state index contributed by atoms with van der Waals surface area (Å²) in [6.45, 7) is 20.2. The fraction of sp³-hybridized carbons (Fsp3) is 0.680. The molecule has 2 saturated heterocycles. The second-order valence-electron chi connectivity index (χ2n) is 11.8. The smallest absolute Gasteiger partial charge is 0.410 e. The van der Waals surface area contributed by atoms with Crippen LogP contribution in [-0.2, 0) is 20.5 Å². The Morgan fingerprint density at radius 2 is 1.69 bits per heavy atom. The van der Waals surface area contributed by atoms with E-state index in [4.69, 9.17) is 9.16 Å². The van der Waals surface area contributed by atoms with Gasteiger partial charge in [-0.15, -0.1) is 0 Å². The van der Waals surface area contributed by atoms with E-state index >= 15 is 0 Å². The third kappa shape index (κ3) is 4.60. The Morgan fingerprint density at radius 3 is 2.22 bits per heavy atom. The summed E-state index contributed by atoms with van der Waals surface area (Å²) in [5.74, 6) is -0.0300. The van der Waals surface area contributed by atoms with E-state index in [2.05, 4.69) is 61.6 Å². The first-order chi connectivity index (χ1) is 14.6. The summed E-state index contributed by atoms with van der Waals surface area (Å²) in [6.07, 6.45) is -0.594. The van der Waals surface area contributed by atoms with Crippen LogP contribution in [-0.4, -0.2) is 61.0 Å². The van der Waals surface area contributed by atoms with Crippen LogP contribution >= 0.6 is 0 Å². The number of hydrogen-bond acceptors (Lipinski definition) is 4. The molecule has 6 nitrogen and oxygen atoms in total. The maximum absolute atomic E-state index is 13.5. The van der Waals surface area contributed by atoms with Crippen LogP contribution in [0, 0.1) is 5.41 Å². The molecule has 2 aliphatic heterocycles. The van der Waals surface area contributed by atoms with Crippen molar-refractivity contribution in [1.82, 2.24) is 9.80 Å². The minimum absolute atomic E-state index is 0.0300. The van der Waals surface area contributed by atoms with Crippen molar-refractivity contribution in [3.05, 3.63) is 35.9 Å². The molecule has 1 aromatic carbocycles. The summed E-state index contributed by atoms with van der Waals surface area (Å²) in [6, 6.07) is 9.07. The van der Waals surface area contributed by atoms with Gasteiger partial charge < -0.3 is 14.1 Å². The van der Waals surface area contributed by atoms with Crippen molar-refractivity contribution in [1.29, 1.82) is 0 Å². The van der Waals surface area contributed by atoms with Crippen molar-refractivity contribution in [2.75, 3.05) is 6.61 Å². The Morgan fingerprint density at radius 1 is 1.09 bits per heavy atom. The van der Waals surface area contributed by atoms with Crippen molar-refractivity contribution in [2.24, 2.45) is 5.41 Å². The highest BCUT2D eigenvalue weighted by molar-refractivity contribution is 6.74. The van der Waals surface area contributed by atoms with Crippen molar-refractivity contribution in [3.8, 4) is 0 Å². The molecule has 0 unspecified atom stereocenters. The number of amides is 2. The molecule has 0 bridgehead atoms. The van der Waals surface area contributed by atoms with E-state index in [0.717, 1.165) is 5.56 Å². The molecule has 2 heterocycles. The molecule has 0 aliphatic carbocycles. The Hall–Kier alpha value is -1.86. The molecule has 0 N–H and O–H groups in total. The number of rotatable bonds is 6. The highest BCUT2D eigenvalue weighted by Gasteiger charge is 2.59. The molecule has 1 aromatic rings. The lowest BCUT2D eigenvalue weighted by molar-refractivity contribution is -0.167. The van der Waals surface area contributed by atoms with Gasteiger partial charge in [-0.25, -0.2) is 4.79 Å². The molecule has 2 aliphatic rings. The summed E-state index contributed by atoms with van der Waals surface area (Å²) >= 11 is 0. The van der Waals surface area contributed by atoms with E-state index in [1.807, 2.05) is 35.2 Å². The van der Waals surface area contributed by atoms with Gasteiger partial charge in [0.15, 0.2) is 8.32 Å². The lowest BCUT2D eigenvalue weighted by Gasteiger charge is -2.55. The summed E-state index contributed by atoms with van der Waals surface area (Å²) in [5, 5.41) is 0.0509. The van der Waals surface area contributed by atoms with Crippen LogP contribution in [0.25, 0.3) is 0 Å².